The Labute approximate surface area is 179 Å². The summed E-state index contributed by atoms with van der Waals surface area (Å²) in [5, 5.41) is -0.842. The normalized spacial score (nSPS) is 26.9. The molecule has 0 aromatic heterocycles. The van der Waals surface area contributed by atoms with Crippen LogP contribution in [0.15, 0.2) is 84.6 Å². The van der Waals surface area contributed by atoms with Gasteiger partial charge in [-0.3, -0.25) is 0 Å². The van der Waals surface area contributed by atoms with Gasteiger partial charge in [0.25, 0.3) is 0 Å². The van der Waals surface area contributed by atoms with Crippen molar-refractivity contribution in [3.8, 4) is 11.1 Å². The Kier molecular flexibility index (Phi) is 1.27. The first-order valence-electron chi connectivity index (χ1n) is 16.7. The third-order valence-electron chi connectivity index (χ3n) is 3.84. The fourth-order valence-corrected chi connectivity index (χ4v) is 2.78. The van der Waals surface area contributed by atoms with E-state index >= 15 is 0 Å². The minimum Gasteiger partial charge on any atom is -0.362 e. The quantitative estimate of drug-likeness (QED) is 0.407. The van der Waals surface area contributed by atoms with Gasteiger partial charge < -0.3 is 4.90 Å². The van der Waals surface area contributed by atoms with Crippen molar-refractivity contribution in [2.24, 2.45) is 0 Å². The van der Waals surface area contributed by atoms with E-state index in [1.165, 1.54) is 6.92 Å². The monoisotopic (exact) mass is 353 g/mol. The van der Waals surface area contributed by atoms with Crippen LogP contribution in [0.5, 0.6) is 0 Å². The first kappa shape index (κ1) is 5.47. The third-order valence-corrected chi connectivity index (χ3v) is 3.84. The Balaban J connectivity index is 2.09. The zero-order valence-corrected chi connectivity index (χ0v) is 13.4. The van der Waals surface area contributed by atoms with Crippen LogP contribution in [-0.4, -0.2) is 0 Å². The first-order chi connectivity index (χ1) is 20.1. The molecule has 126 valence electrons. The van der Waals surface area contributed by atoms with Crippen molar-refractivity contribution in [3.05, 3.63) is 101 Å². The summed E-state index contributed by atoms with van der Waals surface area (Å²) in [7, 11) is 0. The van der Waals surface area contributed by atoms with E-state index in [0.29, 0.717) is 0 Å². The number of nitrogens with zero attached hydrogens (tertiary/aromatic N) is 1. The van der Waals surface area contributed by atoms with E-state index in [-0.39, 0.29) is 15.8 Å². The Hall–Kier alpha value is -3.06. The van der Waals surface area contributed by atoms with Crippen molar-refractivity contribution < 1.29 is 24.7 Å². The van der Waals surface area contributed by atoms with Crippen molar-refractivity contribution in [1.82, 2.24) is 0 Å². The second-order valence-corrected chi connectivity index (χ2v) is 5.53. The standard InChI is InChI=1S/C25H21N/c1-18-14-20-10-7-11-21-16-26(17-22(15-18)25(20)21)24-13-6-5-12-23(24)19-8-3-2-4-9-19/h2-15H,16-17H2,1H3/i2D,3D,4D,5D,6D,7D,8D,9D,10D,11D,12D,13D,14D,15D,16D2,17D2. The summed E-state index contributed by atoms with van der Waals surface area (Å²) >= 11 is 0. The Morgan fingerprint density at radius 1 is 0.808 bits per heavy atom. The van der Waals surface area contributed by atoms with Crippen molar-refractivity contribution in [1.29, 1.82) is 0 Å². The van der Waals surface area contributed by atoms with Crippen LogP contribution in [-0.2, 0) is 13.0 Å². The van der Waals surface area contributed by atoms with Crippen LogP contribution in [0.3, 0.4) is 0 Å². The molecule has 0 spiro atoms. The largest absolute Gasteiger partial charge is 0.362 e. The zero-order valence-electron chi connectivity index (χ0n) is 31.4. The maximum atomic E-state index is 9.22. The van der Waals surface area contributed by atoms with Crippen molar-refractivity contribution in [2.45, 2.75) is 19.9 Å². The molecule has 26 heavy (non-hydrogen) atoms. The van der Waals surface area contributed by atoms with E-state index in [0.717, 1.165) is 0 Å². The summed E-state index contributed by atoms with van der Waals surface area (Å²) in [5.41, 5.74) is -4.06. The molecule has 0 unspecified atom stereocenters. The average molecular weight is 354 g/mol. The number of hydrogen-bond acceptors (Lipinski definition) is 1. The fourth-order valence-electron chi connectivity index (χ4n) is 2.78. The lowest BCUT2D eigenvalue weighted by molar-refractivity contribution is 0.789. The molecule has 1 nitrogen and oxygen atoms in total. The molecule has 1 heteroatoms. The third kappa shape index (κ3) is 2.48. The molecular weight excluding hydrogens is 314 g/mol. The summed E-state index contributed by atoms with van der Waals surface area (Å²) < 4.78 is 155. The first-order valence-corrected chi connectivity index (χ1v) is 7.67. The summed E-state index contributed by atoms with van der Waals surface area (Å²) in [4.78, 5) is 0.229. The summed E-state index contributed by atoms with van der Waals surface area (Å²) in [6.07, 6.45) is 0. The van der Waals surface area contributed by atoms with E-state index in [1.807, 2.05) is 0 Å². The zero-order chi connectivity index (χ0) is 33.3. The number of rotatable bonds is 2. The SMILES string of the molecule is [2H]c1c([2H])c([2H])c(-c2c([2H])c([2H])c([2H])c([2H])c2N2C([2H])([2H])c3c([2H])c([2H])c([2H])c4c([2H])c(C)c([2H])c(c34)C2([2H])[2H])c([2H])c1[2H]. The van der Waals surface area contributed by atoms with Crippen LogP contribution in [0.25, 0.3) is 21.9 Å². The van der Waals surface area contributed by atoms with Crippen LogP contribution in [0.2, 0.25) is 0 Å². The molecule has 4 aromatic carbocycles. The Bertz CT molecular complexity index is 1880. The molecule has 5 rings (SSSR count). The predicted octanol–water partition coefficient (Wildman–Crippen LogP) is 6.34. The number of benzene rings is 4. The van der Waals surface area contributed by atoms with Crippen LogP contribution in [0.4, 0.5) is 5.69 Å². The maximum absolute atomic E-state index is 9.22. The highest BCUT2D eigenvalue weighted by atomic mass is 15.1. The fraction of sp³-hybridized carbons (Fsp3) is 0.120. The molecule has 0 atom stereocenters. The second kappa shape index (κ2) is 6.03. The van der Waals surface area contributed by atoms with Crippen molar-refractivity contribution in [3.63, 3.8) is 0 Å². The molecular formula is C25H21N. The molecule has 0 radical (unpaired) electrons. The van der Waals surface area contributed by atoms with Gasteiger partial charge in [0, 0.05) is 24.2 Å². The lowest BCUT2D eigenvalue weighted by atomic mass is 9.92. The summed E-state index contributed by atoms with van der Waals surface area (Å²) in [6.45, 7) is -5.23. The lowest BCUT2D eigenvalue weighted by Crippen LogP contribution is -2.26. The van der Waals surface area contributed by atoms with E-state index in [9.17, 15) is 5.48 Å². The summed E-state index contributed by atoms with van der Waals surface area (Å²) in [6, 6.07) is -11.7. The highest BCUT2D eigenvalue weighted by Crippen LogP contribution is 2.37. The maximum Gasteiger partial charge on any atom is 0.0645 e. The minimum atomic E-state index is -3.29. The van der Waals surface area contributed by atoms with Crippen molar-refractivity contribution >= 4 is 16.5 Å². The van der Waals surface area contributed by atoms with Gasteiger partial charge in [0.2, 0.25) is 0 Å². The molecule has 0 saturated heterocycles. The average Bonchev–Trinajstić information content (AvgIpc) is 2.94. The van der Waals surface area contributed by atoms with Gasteiger partial charge in [-0.2, -0.15) is 0 Å². The number of hydrogen-bond donors (Lipinski definition) is 0. The van der Waals surface area contributed by atoms with Crippen molar-refractivity contribution in [2.75, 3.05) is 4.90 Å². The molecule has 1 aliphatic rings. The van der Waals surface area contributed by atoms with Gasteiger partial charge in [-0.1, -0.05) is 84.1 Å². The number of anilines is 1. The smallest absolute Gasteiger partial charge is 0.0645 e. The Morgan fingerprint density at radius 3 is 2.46 bits per heavy atom. The van der Waals surface area contributed by atoms with Gasteiger partial charge in [0.1, 0.15) is 0 Å². The van der Waals surface area contributed by atoms with Gasteiger partial charge in [-0.15, -0.1) is 0 Å². The minimum absolute atomic E-state index is 0.142. The molecule has 4 aromatic rings. The molecule has 0 fully saturated rings. The van der Waals surface area contributed by atoms with Crippen LogP contribution in [0.1, 0.15) is 41.4 Å². The lowest BCUT2D eigenvalue weighted by Gasteiger charge is -2.33. The van der Waals surface area contributed by atoms with Crippen LogP contribution in [0, 0.1) is 6.92 Å². The van der Waals surface area contributed by atoms with E-state index in [4.69, 9.17) is 19.2 Å². The van der Waals surface area contributed by atoms with Gasteiger partial charge in [0.05, 0.1) is 24.7 Å². The van der Waals surface area contributed by atoms with E-state index in [2.05, 4.69) is 0 Å². The predicted molar refractivity (Wildman–Crippen MR) is 110 cm³/mol. The van der Waals surface area contributed by atoms with Gasteiger partial charge in [-0.25, -0.2) is 0 Å². The van der Waals surface area contributed by atoms with E-state index < -0.39 is 131 Å². The van der Waals surface area contributed by atoms with Gasteiger partial charge in [0.15, 0.2) is 0 Å². The Morgan fingerprint density at radius 2 is 1.58 bits per heavy atom. The molecule has 1 heterocycles. The highest BCUT2D eigenvalue weighted by Gasteiger charge is 2.21. The van der Waals surface area contributed by atoms with Crippen LogP contribution >= 0.6 is 0 Å². The van der Waals surface area contributed by atoms with Gasteiger partial charge in [-0.05, 0) is 40.4 Å². The summed E-state index contributed by atoms with van der Waals surface area (Å²) in [5.74, 6) is 0. The molecule has 0 amide bonds. The number of para-hydroxylation sites is 1. The van der Waals surface area contributed by atoms with Crippen LogP contribution < -0.4 is 4.90 Å². The van der Waals surface area contributed by atoms with E-state index in [1.54, 1.807) is 0 Å². The second-order valence-electron chi connectivity index (χ2n) is 5.53. The topological polar surface area (TPSA) is 3.24 Å². The molecule has 0 N–H and O–H groups in total. The highest BCUT2D eigenvalue weighted by molar-refractivity contribution is 5.91. The molecule has 0 bridgehead atoms. The molecule has 1 aliphatic heterocycles. The molecule has 0 saturated carbocycles. The van der Waals surface area contributed by atoms with Gasteiger partial charge >= 0.3 is 0 Å². The molecule has 0 aliphatic carbocycles.